The van der Waals surface area contributed by atoms with Crippen LogP contribution in [0.1, 0.15) is 39.3 Å². The summed E-state index contributed by atoms with van der Waals surface area (Å²) >= 11 is 1.63. The number of aryl methyl sites for hydroxylation is 1. The van der Waals surface area contributed by atoms with E-state index in [9.17, 15) is 4.79 Å². The summed E-state index contributed by atoms with van der Waals surface area (Å²) < 4.78 is 10.7. The third-order valence-electron chi connectivity index (χ3n) is 4.46. The molecule has 0 bridgehead atoms. The number of nitrogens with one attached hydrogen (secondary N) is 1. The lowest BCUT2D eigenvalue weighted by Crippen LogP contribution is -2.28. The summed E-state index contributed by atoms with van der Waals surface area (Å²) in [6.07, 6.45) is 0.994. The maximum absolute atomic E-state index is 12.8. The van der Waals surface area contributed by atoms with Crippen LogP contribution in [-0.2, 0) is 6.42 Å². The van der Waals surface area contributed by atoms with E-state index in [0.717, 1.165) is 16.9 Å². The average molecular weight is 365 g/mol. The van der Waals surface area contributed by atoms with Crippen molar-refractivity contribution in [1.29, 1.82) is 0 Å². The van der Waals surface area contributed by atoms with Crippen molar-refractivity contribution in [2.75, 3.05) is 6.79 Å². The molecule has 1 amide bonds. The van der Waals surface area contributed by atoms with Crippen molar-refractivity contribution in [3.63, 3.8) is 0 Å². The minimum atomic E-state index is -0.182. The number of rotatable bonds is 5. The van der Waals surface area contributed by atoms with Crippen LogP contribution < -0.4 is 14.8 Å². The summed E-state index contributed by atoms with van der Waals surface area (Å²) in [7, 11) is 0. The molecule has 0 saturated carbocycles. The Labute approximate surface area is 156 Å². The highest BCUT2D eigenvalue weighted by Gasteiger charge is 2.21. The summed E-state index contributed by atoms with van der Waals surface area (Å²) in [5.74, 6) is 1.14. The van der Waals surface area contributed by atoms with E-state index in [0.29, 0.717) is 17.1 Å². The van der Waals surface area contributed by atoms with Gasteiger partial charge in [-0.05, 0) is 47.2 Å². The van der Waals surface area contributed by atoms with Gasteiger partial charge in [-0.3, -0.25) is 4.79 Å². The van der Waals surface area contributed by atoms with Crippen LogP contribution in [-0.4, -0.2) is 12.7 Å². The second-order valence-corrected chi connectivity index (χ2v) is 7.06. The highest BCUT2D eigenvalue weighted by Crippen LogP contribution is 2.33. The zero-order valence-electron chi connectivity index (χ0n) is 14.4. The van der Waals surface area contributed by atoms with Crippen molar-refractivity contribution in [1.82, 2.24) is 5.32 Å². The minimum Gasteiger partial charge on any atom is -0.454 e. The second-order valence-electron chi connectivity index (χ2n) is 6.09. The summed E-state index contributed by atoms with van der Waals surface area (Å²) in [5.41, 5.74) is 2.90. The number of thiophene rings is 1. The van der Waals surface area contributed by atoms with Gasteiger partial charge in [0.1, 0.15) is 0 Å². The highest BCUT2D eigenvalue weighted by molar-refractivity contribution is 7.10. The van der Waals surface area contributed by atoms with Crippen molar-refractivity contribution < 1.29 is 14.3 Å². The van der Waals surface area contributed by atoms with Gasteiger partial charge >= 0.3 is 0 Å². The Morgan fingerprint density at radius 3 is 2.65 bits per heavy atom. The zero-order valence-corrected chi connectivity index (χ0v) is 15.2. The van der Waals surface area contributed by atoms with Gasteiger partial charge in [0.15, 0.2) is 11.5 Å². The van der Waals surface area contributed by atoms with Gasteiger partial charge < -0.3 is 14.8 Å². The molecule has 0 unspecified atom stereocenters. The number of ether oxygens (including phenoxy) is 2. The summed E-state index contributed by atoms with van der Waals surface area (Å²) in [6.45, 7) is 2.33. The normalized spacial score (nSPS) is 13.4. The predicted molar refractivity (Wildman–Crippen MR) is 102 cm³/mol. The van der Waals surface area contributed by atoms with E-state index in [4.69, 9.17) is 9.47 Å². The quantitative estimate of drug-likeness (QED) is 0.721. The Balaban J connectivity index is 1.61. The number of fused-ring (bicyclic) bond motifs is 1. The molecule has 2 aromatic carbocycles. The molecule has 0 saturated heterocycles. The maximum Gasteiger partial charge on any atom is 0.252 e. The van der Waals surface area contributed by atoms with Crippen molar-refractivity contribution >= 4 is 17.2 Å². The van der Waals surface area contributed by atoms with Crippen LogP contribution in [0.4, 0.5) is 0 Å². The molecule has 1 aliphatic rings. The molecule has 1 aromatic heterocycles. The van der Waals surface area contributed by atoms with Crippen molar-refractivity contribution in [2.45, 2.75) is 19.4 Å². The van der Waals surface area contributed by atoms with Gasteiger partial charge in [0.05, 0.1) is 6.04 Å². The first-order valence-corrected chi connectivity index (χ1v) is 9.45. The van der Waals surface area contributed by atoms with Crippen LogP contribution in [0.3, 0.4) is 0 Å². The van der Waals surface area contributed by atoms with Crippen molar-refractivity contribution in [3.8, 4) is 11.5 Å². The molecule has 3 aromatic rings. The first-order chi connectivity index (χ1) is 12.7. The Kier molecular flexibility index (Phi) is 4.63. The molecular formula is C21H19NO3S. The lowest BCUT2D eigenvalue weighted by molar-refractivity contribution is 0.0943. The molecule has 2 heterocycles. The van der Waals surface area contributed by atoms with E-state index in [2.05, 4.69) is 36.5 Å². The fourth-order valence-corrected chi connectivity index (χ4v) is 3.77. The molecule has 1 N–H and O–H groups in total. The van der Waals surface area contributed by atoms with E-state index >= 15 is 0 Å². The molecule has 26 heavy (non-hydrogen) atoms. The topological polar surface area (TPSA) is 47.6 Å². The first kappa shape index (κ1) is 16.7. The van der Waals surface area contributed by atoms with Gasteiger partial charge in [-0.1, -0.05) is 37.3 Å². The maximum atomic E-state index is 12.8. The van der Waals surface area contributed by atoms with Crippen LogP contribution in [0, 0.1) is 0 Å². The number of carbonyl (C=O) groups excluding carboxylic acids is 1. The average Bonchev–Trinajstić information content (AvgIpc) is 3.37. The lowest BCUT2D eigenvalue weighted by Gasteiger charge is -2.19. The van der Waals surface area contributed by atoms with Gasteiger partial charge in [0.2, 0.25) is 6.79 Å². The van der Waals surface area contributed by atoms with E-state index < -0.39 is 0 Å². The van der Waals surface area contributed by atoms with Gasteiger partial charge in [-0.15, -0.1) is 11.3 Å². The van der Waals surface area contributed by atoms with E-state index in [1.807, 2.05) is 17.5 Å². The zero-order chi connectivity index (χ0) is 17.9. The fourth-order valence-electron chi connectivity index (χ4n) is 2.97. The van der Waals surface area contributed by atoms with E-state index in [-0.39, 0.29) is 18.7 Å². The highest BCUT2D eigenvalue weighted by atomic mass is 32.1. The van der Waals surface area contributed by atoms with Crippen LogP contribution in [0.25, 0.3) is 0 Å². The Hall–Kier alpha value is -2.79. The summed E-state index contributed by atoms with van der Waals surface area (Å²) in [6, 6.07) is 17.5. The third-order valence-corrected chi connectivity index (χ3v) is 5.40. The van der Waals surface area contributed by atoms with Gasteiger partial charge in [0.25, 0.3) is 5.91 Å². The number of hydrogen-bond donors (Lipinski definition) is 1. The minimum absolute atomic E-state index is 0.138. The standard InChI is InChI=1S/C21H19NO3S/c1-2-14-5-7-15(8-6-14)20(19-4-3-11-26-19)22-21(23)16-9-10-17-18(12-16)25-13-24-17/h3-12,20H,2,13H2,1H3,(H,22,23)/t20-/m1/s1. The number of benzene rings is 2. The molecule has 5 heteroatoms. The molecule has 0 aliphatic carbocycles. The van der Waals surface area contributed by atoms with Crippen LogP contribution in [0.5, 0.6) is 11.5 Å². The third kappa shape index (κ3) is 3.30. The smallest absolute Gasteiger partial charge is 0.252 e. The van der Waals surface area contributed by atoms with E-state index in [1.165, 1.54) is 5.56 Å². The summed E-state index contributed by atoms with van der Waals surface area (Å²) in [5, 5.41) is 5.18. The largest absolute Gasteiger partial charge is 0.454 e. The van der Waals surface area contributed by atoms with E-state index in [1.54, 1.807) is 29.5 Å². The van der Waals surface area contributed by atoms with Gasteiger partial charge in [-0.25, -0.2) is 0 Å². The van der Waals surface area contributed by atoms with Gasteiger partial charge in [0, 0.05) is 10.4 Å². The van der Waals surface area contributed by atoms with Crippen LogP contribution >= 0.6 is 11.3 Å². The molecule has 1 atom stereocenters. The Morgan fingerprint density at radius 1 is 1.12 bits per heavy atom. The van der Waals surface area contributed by atoms with Crippen LogP contribution in [0.15, 0.2) is 60.0 Å². The lowest BCUT2D eigenvalue weighted by atomic mass is 10.0. The van der Waals surface area contributed by atoms with Crippen LogP contribution in [0.2, 0.25) is 0 Å². The molecule has 4 nitrogen and oxygen atoms in total. The van der Waals surface area contributed by atoms with Crippen molar-refractivity contribution in [2.24, 2.45) is 0 Å². The molecule has 0 radical (unpaired) electrons. The second kappa shape index (κ2) is 7.22. The van der Waals surface area contributed by atoms with Gasteiger partial charge in [-0.2, -0.15) is 0 Å². The van der Waals surface area contributed by atoms with Crippen molar-refractivity contribution in [3.05, 3.63) is 81.5 Å². The molecule has 1 aliphatic heterocycles. The number of amides is 1. The Morgan fingerprint density at radius 2 is 1.92 bits per heavy atom. The fraction of sp³-hybridized carbons (Fsp3) is 0.190. The predicted octanol–water partition coefficient (Wildman–Crippen LogP) is 4.56. The SMILES string of the molecule is CCc1ccc([C@@H](NC(=O)c2ccc3c(c2)OCO3)c2cccs2)cc1. The molecule has 4 rings (SSSR count). The molecule has 0 spiro atoms. The number of carbonyl (C=O) groups is 1. The number of hydrogen-bond acceptors (Lipinski definition) is 4. The monoisotopic (exact) mass is 365 g/mol. The first-order valence-electron chi connectivity index (χ1n) is 8.57. The molecular weight excluding hydrogens is 346 g/mol. The Bertz CT molecular complexity index is 904. The molecule has 0 fully saturated rings. The molecule has 132 valence electrons. The summed E-state index contributed by atoms with van der Waals surface area (Å²) in [4.78, 5) is 13.9.